The second-order valence-electron chi connectivity index (χ2n) is 4.61. The average Bonchev–Trinajstić information content (AvgIpc) is 2.10. The van der Waals surface area contributed by atoms with Crippen LogP contribution < -0.4 is 0 Å². The molecule has 1 aliphatic carbocycles. The van der Waals surface area contributed by atoms with Crippen molar-refractivity contribution in [2.75, 3.05) is 0 Å². The fourth-order valence-corrected chi connectivity index (χ4v) is 2.23. The van der Waals surface area contributed by atoms with Crippen LogP contribution in [0.15, 0.2) is 0 Å². The van der Waals surface area contributed by atoms with E-state index in [1.807, 2.05) is 20.8 Å². The molecule has 0 amide bonds. The quantitative estimate of drug-likeness (QED) is 0.621. The first-order chi connectivity index (χ1) is 5.98. The van der Waals surface area contributed by atoms with E-state index >= 15 is 0 Å². The molecular formula is C11H17NO. The fraction of sp³-hybridized carbons (Fsp3) is 0.818. The Labute approximate surface area is 79.9 Å². The lowest BCUT2D eigenvalue weighted by Gasteiger charge is -2.38. The van der Waals surface area contributed by atoms with Crippen LogP contribution in [0.4, 0.5) is 0 Å². The first-order valence-electron chi connectivity index (χ1n) is 4.95. The zero-order valence-corrected chi connectivity index (χ0v) is 8.68. The van der Waals surface area contributed by atoms with Crippen molar-refractivity contribution in [1.82, 2.24) is 0 Å². The molecule has 0 bridgehead atoms. The molecule has 1 fully saturated rings. The highest BCUT2D eigenvalue weighted by molar-refractivity contribution is 5.92. The largest absolute Gasteiger partial charge is 0.297 e. The summed E-state index contributed by atoms with van der Waals surface area (Å²) in [6.07, 6.45) is 3.34. The van der Waals surface area contributed by atoms with Crippen molar-refractivity contribution >= 4 is 5.78 Å². The number of carbonyl (C=O) groups excluding carboxylic acids is 1. The first kappa shape index (κ1) is 10.2. The molecule has 1 aliphatic rings. The van der Waals surface area contributed by atoms with Crippen molar-refractivity contribution < 1.29 is 4.79 Å². The molecule has 0 N–H and O–H groups in total. The Hall–Kier alpha value is -0.840. The minimum Gasteiger partial charge on any atom is -0.297 e. The van der Waals surface area contributed by atoms with E-state index in [1.54, 1.807) is 0 Å². The monoisotopic (exact) mass is 179 g/mol. The third kappa shape index (κ3) is 1.48. The Morgan fingerprint density at radius 1 is 1.46 bits per heavy atom. The summed E-state index contributed by atoms with van der Waals surface area (Å²) < 4.78 is 0. The Balaban J connectivity index is 3.01. The van der Waals surface area contributed by atoms with Gasteiger partial charge in [-0.2, -0.15) is 5.26 Å². The molecule has 0 aromatic rings. The zero-order chi connectivity index (χ0) is 10.1. The van der Waals surface area contributed by atoms with E-state index in [2.05, 4.69) is 6.07 Å². The van der Waals surface area contributed by atoms with Crippen LogP contribution >= 0.6 is 0 Å². The summed E-state index contributed by atoms with van der Waals surface area (Å²) in [4.78, 5) is 12.0. The van der Waals surface area contributed by atoms with E-state index in [4.69, 9.17) is 5.26 Å². The zero-order valence-electron chi connectivity index (χ0n) is 8.68. The third-order valence-electron chi connectivity index (χ3n) is 3.27. The highest BCUT2D eigenvalue weighted by atomic mass is 16.1. The second kappa shape index (κ2) is 3.14. The minimum atomic E-state index is -0.679. The van der Waals surface area contributed by atoms with E-state index < -0.39 is 5.41 Å². The van der Waals surface area contributed by atoms with Crippen LogP contribution in [0.2, 0.25) is 0 Å². The number of ketones is 1. The predicted molar refractivity (Wildman–Crippen MR) is 51.0 cm³/mol. The van der Waals surface area contributed by atoms with Crippen LogP contribution in [0.25, 0.3) is 0 Å². The van der Waals surface area contributed by atoms with Crippen LogP contribution in [-0.2, 0) is 4.79 Å². The lowest BCUT2D eigenvalue weighted by Crippen LogP contribution is -2.43. The van der Waals surface area contributed by atoms with Gasteiger partial charge in [0.05, 0.1) is 6.07 Å². The van der Waals surface area contributed by atoms with E-state index in [0.717, 1.165) is 19.3 Å². The van der Waals surface area contributed by atoms with Crippen LogP contribution in [0.1, 0.15) is 46.5 Å². The molecule has 2 nitrogen and oxygen atoms in total. The number of Topliss-reactive ketones (excluding diaryl/α,β-unsaturated/α-hetero) is 1. The molecule has 1 rings (SSSR count). The maximum atomic E-state index is 12.0. The number of nitrogens with zero attached hydrogens (tertiary/aromatic N) is 1. The molecule has 1 atom stereocenters. The molecular weight excluding hydrogens is 162 g/mol. The Bertz CT molecular complexity index is 262. The number of hydrogen-bond donors (Lipinski definition) is 0. The molecule has 1 unspecified atom stereocenters. The summed E-state index contributed by atoms with van der Waals surface area (Å²) in [6.45, 7) is 5.84. The van der Waals surface area contributed by atoms with Crippen molar-refractivity contribution in [3.8, 4) is 6.07 Å². The van der Waals surface area contributed by atoms with Crippen LogP contribution in [0.3, 0.4) is 0 Å². The van der Waals surface area contributed by atoms with Gasteiger partial charge in [-0.05, 0) is 19.3 Å². The molecule has 0 heterocycles. The van der Waals surface area contributed by atoms with Crippen molar-refractivity contribution in [3.63, 3.8) is 0 Å². The van der Waals surface area contributed by atoms with E-state index in [9.17, 15) is 4.79 Å². The van der Waals surface area contributed by atoms with Gasteiger partial charge in [-0.15, -0.1) is 0 Å². The normalized spacial score (nSPS) is 32.6. The number of nitriles is 1. The maximum absolute atomic E-state index is 12.0. The van der Waals surface area contributed by atoms with Crippen LogP contribution in [-0.4, -0.2) is 5.78 Å². The second-order valence-corrected chi connectivity index (χ2v) is 4.61. The Morgan fingerprint density at radius 3 is 2.46 bits per heavy atom. The molecule has 72 valence electrons. The van der Waals surface area contributed by atoms with Crippen molar-refractivity contribution in [3.05, 3.63) is 0 Å². The van der Waals surface area contributed by atoms with E-state index in [0.29, 0.717) is 6.42 Å². The number of hydrogen-bond acceptors (Lipinski definition) is 2. The average molecular weight is 179 g/mol. The lowest BCUT2D eigenvalue weighted by atomic mass is 9.62. The summed E-state index contributed by atoms with van der Waals surface area (Å²) in [5.74, 6) is 0.149. The van der Waals surface area contributed by atoms with E-state index in [1.165, 1.54) is 0 Å². The van der Waals surface area contributed by atoms with Gasteiger partial charge in [0.15, 0.2) is 5.78 Å². The summed E-state index contributed by atoms with van der Waals surface area (Å²) in [6, 6.07) is 2.22. The van der Waals surface area contributed by atoms with Gasteiger partial charge < -0.3 is 0 Å². The summed E-state index contributed by atoms with van der Waals surface area (Å²) in [5.41, 5.74) is -0.967. The summed E-state index contributed by atoms with van der Waals surface area (Å²) >= 11 is 0. The highest BCUT2D eigenvalue weighted by Gasteiger charge is 2.47. The van der Waals surface area contributed by atoms with Gasteiger partial charge in [0.1, 0.15) is 5.41 Å². The molecule has 0 aliphatic heterocycles. The smallest absolute Gasteiger partial charge is 0.158 e. The highest BCUT2D eigenvalue weighted by Crippen LogP contribution is 2.44. The van der Waals surface area contributed by atoms with Gasteiger partial charge in [0.25, 0.3) is 0 Å². The van der Waals surface area contributed by atoms with Crippen LogP contribution in [0, 0.1) is 22.2 Å². The van der Waals surface area contributed by atoms with Gasteiger partial charge in [-0.3, -0.25) is 4.79 Å². The minimum absolute atomic E-state index is 0.149. The van der Waals surface area contributed by atoms with Gasteiger partial charge in [-0.1, -0.05) is 27.2 Å². The van der Waals surface area contributed by atoms with Gasteiger partial charge in [0.2, 0.25) is 0 Å². The van der Waals surface area contributed by atoms with Crippen molar-refractivity contribution in [2.45, 2.75) is 46.5 Å². The lowest BCUT2D eigenvalue weighted by molar-refractivity contribution is -0.138. The van der Waals surface area contributed by atoms with Crippen LogP contribution in [0.5, 0.6) is 0 Å². The third-order valence-corrected chi connectivity index (χ3v) is 3.27. The maximum Gasteiger partial charge on any atom is 0.158 e. The van der Waals surface area contributed by atoms with Gasteiger partial charge >= 0.3 is 0 Å². The fourth-order valence-electron chi connectivity index (χ4n) is 2.23. The summed E-state index contributed by atoms with van der Waals surface area (Å²) in [7, 11) is 0. The molecule has 13 heavy (non-hydrogen) atoms. The first-order valence-corrected chi connectivity index (χ1v) is 4.95. The van der Waals surface area contributed by atoms with Gasteiger partial charge in [-0.25, -0.2) is 0 Å². The standard InChI is InChI=1S/C11H17NO/c1-4-11(8-12)7-5-6-10(2,3)9(11)13/h4-7H2,1-3H3. The molecule has 2 heteroatoms. The van der Waals surface area contributed by atoms with Gasteiger partial charge in [0, 0.05) is 5.41 Å². The topological polar surface area (TPSA) is 40.9 Å². The SMILES string of the molecule is CCC1(C#N)CCCC(C)(C)C1=O. The molecule has 0 radical (unpaired) electrons. The molecule has 0 aromatic carbocycles. The van der Waals surface area contributed by atoms with Crippen molar-refractivity contribution in [1.29, 1.82) is 5.26 Å². The molecule has 1 saturated carbocycles. The molecule has 0 spiro atoms. The molecule has 0 saturated heterocycles. The summed E-state index contributed by atoms with van der Waals surface area (Å²) in [5, 5.41) is 9.07. The Morgan fingerprint density at radius 2 is 2.08 bits per heavy atom. The van der Waals surface area contributed by atoms with Crippen molar-refractivity contribution in [2.24, 2.45) is 10.8 Å². The predicted octanol–water partition coefficient (Wildman–Crippen LogP) is 2.69. The molecule has 0 aromatic heterocycles. The number of carbonyl (C=O) groups is 1. The Kier molecular flexibility index (Phi) is 2.47. The van der Waals surface area contributed by atoms with E-state index in [-0.39, 0.29) is 11.2 Å². The number of rotatable bonds is 1.